The summed E-state index contributed by atoms with van der Waals surface area (Å²) in [5, 5.41) is 31.2. The topological polar surface area (TPSA) is 115 Å². The Morgan fingerprint density at radius 3 is 1.45 bits per heavy atom. The third-order valence-electron chi connectivity index (χ3n) is 17.8. The number of thiazole rings is 2. The molecule has 2 aliphatic rings. The van der Waals surface area contributed by atoms with Crippen LogP contribution in [0.4, 0.5) is 10.3 Å². The Hall–Kier alpha value is -11.3. The maximum atomic E-state index is 4.82. The quantitative estimate of drug-likeness (QED) is 0.0934. The molecule has 14 aromatic rings. The predicted molar refractivity (Wildman–Crippen MR) is 419 cm³/mol. The summed E-state index contributed by atoms with van der Waals surface area (Å²) in [6, 6.07) is 84.8. The van der Waals surface area contributed by atoms with Crippen LogP contribution in [0.25, 0.3) is 64.2 Å². The van der Waals surface area contributed by atoms with Crippen LogP contribution in [0.3, 0.4) is 0 Å². The second-order valence-electron chi connectivity index (χ2n) is 24.8. The lowest BCUT2D eigenvalue weighted by atomic mass is 10.1. The first-order chi connectivity index (χ1) is 47.8. The molecule has 16 rings (SSSR count). The number of hydrazone groups is 3. The molecule has 2 aromatic heterocycles. The van der Waals surface area contributed by atoms with E-state index in [2.05, 4.69) is 324 Å². The summed E-state index contributed by atoms with van der Waals surface area (Å²) in [6.45, 7) is 19.7. The van der Waals surface area contributed by atoms with Gasteiger partial charge in [0.05, 0.1) is 51.3 Å². The van der Waals surface area contributed by atoms with Crippen molar-refractivity contribution < 1.29 is 0 Å². The van der Waals surface area contributed by atoms with Gasteiger partial charge in [0, 0.05) is 28.4 Å². The molecule has 0 unspecified atom stereocenters. The van der Waals surface area contributed by atoms with Crippen LogP contribution in [-0.2, 0) is 0 Å². The monoisotopic (exact) mass is 1310 g/mol. The summed E-state index contributed by atoms with van der Waals surface area (Å²) in [5.74, 6) is 0. The fraction of sp³-hybridized carbons (Fsp3) is 0.128. The molecule has 2 heterocycles. The third-order valence-corrected chi connectivity index (χ3v) is 19.8. The van der Waals surface area contributed by atoms with E-state index in [0.717, 1.165) is 71.6 Å². The summed E-state index contributed by atoms with van der Waals surface area (Å²) in [4.78, 5) is 9.52. The Kier molecular flexibility index (Phi) is 19.9. The van der Waals surface area contributed by atoms with Gasteiger partial charge < -0.3 is 0 Å². The molecule has 482 valence electrons. The Morgan fingerprint density at radius 2 is 0.888 bits per heavy atom. The Labute approximate surface area is 581 Å². The number of hydrogen-bond acceptors (Lipinski definition) is 12. The second-order valence-corrected chi connectivity index (χ2v) is 26.8. The number of benzene rings is 12. The molecule has 10 nitrogen and oxygen atoms in total. The van der Waals surface area contributed by atoms with Gasteiger partial charge in [0.2, 0.25) is 10.3 Å². The van der Waals surface area contributed by atoms with Gasteiger partial charge in [0.1, 0.15) is 5.71 Å². The van der Waals surface area contributed by atoms with Crippen LogP contribution in [0.5, 0.6) is 0 Å². The predicted octanol–water partition coefficient (Wildman–Crippen LogP) is 21.6. The zero-order chi connectivity index (χ0) is 67.7. The van der Waals surface area contributed by atoms with Crippen molar-refractivity contribution in [3.63, 3.8) is 0 Å². The van der Waals surface area contributed by atoms with Gasteiger partial charge in [-0.1, -0.05) is 275 Å². The largest absolute Gasteiger partial charge is 0.298 e. The summed E-state index contributed by atoms with van der Waals surface area (Å²) >= 11 is 3.32. The molecule has 0 amide bonds. The van der Waals surface area contributed by atoms with Crippen LogP contribution >= 0.6 is 22.7 Å². The normalized spacial score (nSPS) is 12.2. The number of nitrogens with zero attached hydrogens (tertiary/aromatic N) is 8. The highest BCUT2D eigenvalue weighted by molar-refractivity contribution is 7.23. The molecular formula is C86H76N10S2. The standard InChI is InChI=1S/C22H21N3S.C22H20N2.C22H18N2.C20H17N3S/c1-4-25(23-14-18-13-15(2)9-10-16(18)3)22-24-20-12-11-17-7-5-6-8-19(17)21(20)26-22;2*1-15-11-12-16(2)17(13-15)14-23-24-22-20-9-5-3-7-18(20)19-8-4-6-10-21(19)22;1-13-7-8-14(2)16(11-13)12-21-23-20-22-19-17-6-4-3-5-15(17)9-10-18(19)24-20/h5-14H,4H2,1-3H3;3-14,22,24H,1-2H3;3-14H,1-2H3;3-12H,1-2H3,(H,22,23)/b3*23-14+;21-12+. The van der Waals surface area contributed by atoms with Crippen molar-refractivity contribution in [3.05, 3.63) is 332 Å². The van der Waals surface area contributed by atoms with E-state index in [1.807, 2.05) is 42.0 Å². The van der Waals surface area contributed by atoms with Gasteiger partial charge in [-0.15, -0.1) is 5.10 Å². The van der Waals surface area contributed by atoms with Gasteiger partial charge in [-0.05, 0) is 163 Å². The molecule has 0 saturated heterocycles. The van der Waals surface area contributed by atoms with Gasteiger partial charge in [-0.2, -0.15) is 20.4 Å². The summed E-state index contributed by atoms with van der Waals surface area (Å²) < 4.78 is 2.39. The molecule has 0 saturated carbocycles. The fourth-order valence-corrected chi connectivity index (χ4v) is 14.3. The third kappa shape index (κ3) is 14.6. The first-order valence-corrected chi connectivity index (χ1v) is 34.7. The van der Waals surface area contributed by atoms with Crippen molar-refractivity contribution in [1.82, 2.24) is 15.4 Å². The van der Waals surface area contributed by atoms with E-state index >= 15 is 0 Å². The van der Waals surface area contributed by atoms with E-state index < -0.39 is 0 Å². The lowest BCUT2D eigenvalue weighted by Crippen LogP contribution is -2.15. The van der Waals surface area contributed by atoms with E-state index in [9.17, 15) is 0 Å². The lowest BCUT2D eigenvalue weighted by molar-refractivity contribution is 0.655. The van der Waals surface area contributed by atoms with Gasteiger partial charge in [-0.25, -0.2) is 15.0 Å². The molecule has 2 aliphatic carbocycles. The highest BCUT2D eigenvalue weighted by atomic mass is 32.1. The van der Waals surface area contributed by atoms with Crippen molar-refractivity contribution in [2.24, 2.45) is 25.5 Å². The van der Waals surface area contributed by atoms with Gasteiger partial charge in [-0.3, -0.25) is 10.9 Å². The van der Waals surface area contributed by atoms with Crippen LogP contribution in [0, 0.1) is 55.4 Å². The number of hydrogen-bond donors (Lipinski definition) is 2. The molecule has 0 spiro atoms. The van der Waals surface area contributed by atoms with E-state index in [0.29, 0.717) is 0 Å². The number of aromatic nitrogens is 2. The molecule has 0 radical (unpaired) electrons. The average Bonchev–Trinajstić information content (AvgIpc) is 1.63. The maximum absolute atomic E-state index is 4.82. The smallest absolute Gasteiger partial charge is 0.207 e. The van der Waals surface area contributed by atoms with Crippen molar-refractivity contribution in [2.45, 2.75) is 68.4 Å². The van der Waals surface area contributed by atoms with Crippen molar-refractivity contribution in [1.29, 1.82) is 0 Å². The summed E-state index contributed by atoms with van der Waals surface area (Å²) in [5.41, 5.74) is 33.7. The zero-order valence-electron chi connectivity index (χ0n) is 56.6. The lowest BCUT2D eigenvalue weighted by Gasteiger charge is -2.13. The minimum Gasteiger partial charge on any atom is -0.298 e. The van der Waals surface area contributed by atoms with E-state index in [1.165, 1.54) is 104 Å². The second kappa shape index (κ2) is 29.8. The molecule has 0 atom stereocenters. The van der Waals surface area contributed by atoms with E-state index in [-0.39, 0.29) is 6.04 Å². The number of aryl methyl sites for hydroxylation is 8. The van der Waals surface area contributed by atoms with Crippen LogP contribution < -0.4 is 15.9 Å². The number of anilines is 2. The number of rotatable bonds is 12. The first kappa shape index (κ1) is 65.4. The van der Waals surface area contributed by atoms with Crippen LogP contribution in [0.2, 0.25) is 0 Å². The summed E-state index contributed by atoms with van der Waals surface area (Å²) in [7, 11) is 0. The Balaban J connectivity index is 0.000000118. The van der Waals surface area contributed by atoms with Crippen molar-refractivity contribution >= 4 is 105 Å². The minimum absolute atomic E-state index is 0.110. The van der Waals surface area contributed by atoms with Crippen LogP contribution in [0.15, 0.2) is 268 Å². The average molecular weight is 1310 g/mol. The van der Waals surface area contributed by atoms with Crippen LogP contribution in [0.1, 0.15) is 102 Å². The van der Waals surface area contributed by atoms with Gasteiger partial charge in [0.25, 0.3) is 0 Å². The number of fused-ring (bicyclic) bond motifs is 12. The number of nitrogens with one attached hydrogen (secondary N) is 2. The highest BCUT2D eigenvalue weighted by Gasteiger charge is 2.28. The molecule has 12 aromatic carbocycles. The zero-order valence-corrected chi connectivity index (χ0v) is 58.2. The van der Waals surface area contributed by atoms with E-state index in [1.54, 1.807) is 22.7 Å². The maximum Gasteiger partial charge on any atom is 0.207 e. The van der Waals surface area contributed by atoms with Crippen LogP contribution in [-0.4, -0.2) is 47.1 Å². The minimum atomic E-state index is 0.110. The molecule has 0 bridgehead atoms. The Morgan fingerprint density at radius 1 is 0.429 bits per heavy atom. The van der Waals surface area contributed by atoms with E-state index in [4.69, 9.17) is 15.1 Å². The van der Waals surface area contributed by atoms with Gasteiger partial charge in [0.15, 0.2) is 0 Å². The molecule has 0 aliphatic heterocycles. The molecule has 0 fully saturated rings. The SMILES string of the molecule is CCN(/N=C/c1cc(C)ccc1C)c1nc2ccc3ccccc3c2s1.Cc1ccc(C)c(/C=N/N=C2c3ccccc3-c3ccccc32)c1.Cc1ccc(C)c(/C=N/NC2c3ccccc3-c3ccccc32)c1.Cc1ccc(C)c(/C=N/Nc2nc3c(ccc4ccccc43)s2)c1. The Bertz CT molecular complexity index is 5330. The summed E-state index contributed by atoms with van der Waals surface area (Å²) in [6.07, 6.45) is 7.56. The highest BCUT2D eigenvalue weighted by Crippen LogP contribution is 2.43. The van der Waals surface area contributed by atoms with Gasteiger partial charge >= 0.3 is 0 Å². The molecule has 98 heavy (non-hydrogen) atoms. The first-order valence-electron chi connectivity index (χ1n) is 33.1. The fourth-order valence-electron chi connectivity index (χ4n) is 12.3. The molecular weight excluding hydrogens is 1240 g/mol. The van der Waals surface area contributed by atoms with Crippen molar-refractivity contribution in [2.75, 3.05) is 17.0 Å². The molecule has 2 N–H and O–H groups in total. The van der Waals surface area contributed by atoms with Crippen molar-refractivity contribution in [3.8, 4) is 22.3 Å². The molecule has 12 heteroatoms.